The van der Waals surface area contributed by atoms with Crippen molar-refractivity contribution in [3.05, 3.63) is 24.0 Å². The van der Waals surface area contributed by atoms with Crippen molar-refractivity contribution in [3.63, 3.8) is 0 Å². The second-order valence-electron chi connectivity index (χ2n) is 3.11. The van der Waals surface area contributed by atoms with E-state index in [0.717, 1.165) is 0 Å². The van der Waals surface area contributed by atoms with Crippen LogP contribution in [0.1, 0.15) is 10.4 Å². The van der Waals surface area contributed by atoms with Crippen molar-refractivity contribution in [3.8, 4) is 11.5 Å². The Balaban J connectivity index is 2.79. The standard InChI is InChI=1S/C10H10N2O4/c1-15-9-5-2-3-16-7(5)4-6(13)8(9)10(14)12-11/h2-4,13H,11H2,1H3,(H,12,14). The molecule has 0 saturated heterocycles. The zero-order valence-corrected chi connectivity index (χ0v) is 8.48. The zero-order chi connectivity index (χ0) is 11.7. The molecule has 0 spiro atoms. The molecule has 0 aliphatic carbocycles. The maximum atomic E-state index is 11.5. The van der Waals surface area contributed by atoms with E-state index in [2.05, 4.69) is 0 Å². The second kappa shape index (κ2) is 3.74. The van der Waals surface area contributed by atoms with Gasteiger partial charge in [0.15, 0.2) is 0 Å². The summed E-state index contributed by atoms with van der Waals surface area (Å²) in [4.78, 5) is 11.5. The van der Waals surface area contributed by atoms with Gasteiger partial charge in [0.25, 0.3) is 5.91 Å². The van der Waals surface area contributed by atoms with Crippen molar-refractivity contribution in [1.82, 2.24) is 5.43 Å². The van der Waals surface area contributed by atoms with Crippen LogP contribution < -0.4 is 16.0 Å². The highest BCUT2D eigenvalue weighted by Gasteiger charge is 2.21. The van der Waals surface area contributed by atoms with Crippen molar-refractivity contribution in [2.45, 2.75) is 0 Å². The van der Waals surface area contributed by atoms with Gasteiger partial charge in [-0.15, -0.1) is 0 Å². The highest BCUT2D eigenvalue weighted by Crippen LogP contribution is 2.36. The predicted molar refractivity (Wildman–Crippen MR) is 56.1 cm³/mol. The summed E-state index contributed by atoms with van der Waals surface area (Å²) in [6, 6.07) is 2.98. The summed E-state index contributed by atoms with van der Waals surface area (Å²) in [6.07, 6.45) is 1.44. The second-order valence-corrected chi connectivity index (χ2v) is 3.11. The van der Waals surface area contributed by atoms with Gasteiger partial charge in [0.2, 0.25) is 0 Å². The summed E-state index contributed by atoms with van der Waals surface area (Å²) in [6.45, 7) is 0. The number of fused-ring (bicyclic) bond motifs is 1. The number of nitrogens with one attached hydrogen (secondary N) is 1. The van der Waals surface area contributed by atoms with Crippen molar-refractivity contribution < 1.29 is 19.1 Å². The minimum atomic E-state index is -0.627. The Morgan fingerprint density at radius 1 is 1.62 bits per heavy atom. The van der Waals surface area contributed by atoms with Crippen LogP contribution in [0.25, 0.3) is 11.0 Å². The van der Waals surface area contributed by atoms with Gasteiger partial charge in [-0.25, -0.2) is 5.84 Å². The van der Waals surface area contributed by atoms with Crippen LogP contribution in [0.5, 0.6) is 11.5 Å². The number of methoxy groups -OCH3 is 1. The van der Waals surface area contributed by atoms with E-state index in [-0.39, 0.29) is 17.1 Å². The third-order valence-electron chi connectivity index (χ3n) is 2.25. The number of nitrogen functional groups attached to an aromatic ring is 1. The van der Waals surface area contributed by atoms with E-state index in [4.69, 9.17) is 15.0 Å². The summed E-state index contributed by atoms with van der Waals surface area (Å²) in [5.74, 6) is 4.38. The molecule has 0 bridgehead atoms. The average molecular weight is 222 g/mol. The molecular weight excluding hydrogens is 212 g/mol. The molecule has 2 aromatic rings. The molecule has 1 heterocycles. The minimum Gasteiger partial charge on any atom is -0.507 e. The number of phenols is 1. The van der Waals surface area contributed by atoms with Crippen LogP contribution in [-0.4, -0.2) is 18.1 Å². The summed E-state index contributed by atoms with van der Waals surface area (Å²) in [5.41, 5.74) is 2.36. The maximum absolute atomic E-state index is 11.5. The number of phenolic OH excluding ortho intramolecular Hbond substituents is 1. The van der Waals surface area contributed by atoms with Crippen molar-refractivity contribution in [2.75, 3.05) is 7.11 Å². The molecule has 84 valence electrons. The SMILES string of the molecule is COc1c(C(=O)NN)c(O)cc2occc12. The van der Waals surface area contributed by atoms with Crippen LogP contribution in [0.4, 0.5) is 0 Å². The Labute approximate surface area is 90.6 Å². The highest BCUT2D eigenvalue weighted by molar-refractivity contribution is 6.05. The average Bonchev–Trinajstić information content (AvgIpc) is 2.73. The molecule has 0 saturated carbocycles. The fourth-order valence-corrected chi connectivity index (χ4v) is 1.57. The summed E-state index contributed by atoms with van der Waals surface area (Å²) >= 11 is 0. The Morgan fingerprint density at radius 3 is 3.00 bits per heavy atom. The molecule has 0 unspecified atom stereocenters. The first-order valence-electron chi connectivity index (χ1n) is 4.47. The maximum Gasteiger partial charge on any atom is 0.272 e. The van der Waals surface area contributed by atoms with E-state index in [1.54, 1.807) is 6.07 Å². The molecule has 0 atom stereocenters. The highest BCUT2D eigenvalue weighted by atomic mass is 16.5. The monoisotopic (exact) mass is 222 g/mol. The first kappa shape index (κ1) is 10.3. The summed E-state index contributed by atoms with van der Waals surface area (Å²) < 4.78 is 10.2. The van der Waals surface area contributed by atoms with Gasteiger partial charge in [0.05, 0.1) is 18.8 Å². The van der Waals surface area contributed by atoms with Gasteiger partial charge in [-0.1, -0.05) is 0 Å². The van der Waals surface area contributed by atoms with Crippen LogP contribution in [-0.2, 0) is 0 Å². The number of hydrazine groups is 1. The van der Waals surface area contributed by atoms with Gasteiger partial charge in [0.1, 0.15) is 22.6 Å². The lowest BCUT2D eigenvalue weighted by atomic mass is 10.1. The smallest absolute Gasteiger partial charge is 0.272 e. The fraction of sp³-hybridized carbons (Fsp3) is 0.100. The van der Waals surface area contributed by atoms with Crippen molar-refractivity contribution in [1.29, 1.82) is 0 Å². The van der Waals surface area contributed by atoms with E-state index >= 15 is 0 Å². The Kier molecular flexibility index (Phi) is 2.41. The summed E-state index contributed by atoms with van der Waals surface area (Å²) in [7, 11) is 1.40. The first-order valence-corrected chi connectivity index (χ1v) is 4.47. The van der Waals surface area contributed by atoms with E-state index < -0.39 is 5.91 Å². The Bertz CT molecular complexity index is 547. The molecule has 2 rings (SSSR count). The lowest BCUT2D eigenvalue weighted by molar-refractivity contribution is 0.0948. The molecule has 0 fully saturated rings. The molecular formula is C10H10N2O4. The quantitative estimate of drug-likeness (QED) is 0.395. The Hall–Kier alpha value is -2.21. The Morgan fingerprint density at radius 2 is 2.38 bits per heavy atom. The number of carbonyl (C=O) groups is 1. The number of benzene rings is 1. The third kappa shape index (κ3) is 1.36. The van der Waals surface area contributed by atoms with Crippen LogP contribution in [0, 0.1) is 0 Å². The molecule has 0 aliphatic heterocycles. The van der Waals surface area contributed by atoms with Gasteiger partial charge >= 0.3 is 0 Å². The molecule has 16 heavy (non-hydrogen) atoms. The van der Waals surface area contributed by atoms with Gasteiger partial charge < -0.3 is 14.3 Å². The van der Waals surface area contributed by atoms with E-state index in [1.807, 2.05) is 5.43 Å². The minimum absolute atomic E-state index is 0.0149. The van der Waals surface area contributed by atoms with Gasteiger partial charge in [0, 0.05) is 6.07 Å². The van der Waals surface area contributed by atoms with E-state index in [9.17, 15) is 9.90 Å². The number of nitrogens with two attached hydrogens (primary N) is 1. The lowest BCUT2D eigenvalue weighted by Gasteiger charge is -2.09. The number of aromatic hydroxyl groups is 1. The molecule has 1 aromatic carbocycles. The molecule has 4 N–H and O–H groups in total. The van der Waals surface area contributed by atoms with Gasteiger partial charge in [-0.2, -0.15) is 0 Å². The fourth-order valence-electron chi connectivity index (χ4n) is 1.57. The lowest BCUT2D eigenvalue weighted by Crippen LogP contribution is -2.30. The van der Waals surface area contributed by atoms with Crippen LogP contribution in [0.3, 0.4) is 0 Å². The van der Waals surface area contributed by atoms with Crippen LogP contribution in [0.15, 0.2) is 22.8 Å². The van der Waals surface area contributed by atoms with Gasteiger partial charge in [-0.3, -0.25) is 10.2 Å². The van der Waals surface area contributed by atoms with E-state index in [0.29, 0.717) is 11.0 Å². The number of furan rings is 1. The largest absolute Gasteiger partial charge is 0.507 e. The summed E-state index contributed by atoms with van der Waals surface area (Å²) in [5, 5.41) is 10.3. The number of hydrogen-bond donors (Lipinski definition) is 3. The predicted octanol–water partition coefficient (Wildman–Crippen LogP) is 0.750. The zero-order valence-electron chi connectivity index (χ0n) is 8.48. The van der Waals surface area contributed by atoms with Crippen molar-refractivity contribution >= 4 is 16.9 Å². The molecule has 1 amide bonds. The molecule has 0 radical (unpaired) electrons. The number of ether oxygens (including phenoxy) is 1. The van der Waals surface area contributed by atoms with Crippen LogP contribution in [0.2, 0.25) is 0 Å². The molecule has 1 aromatic heterocycles. The molecule has 0 aliphatic rings. The number of amides is 1. The normalized spacial score (nSPS) is 10.4. The number of carbonyl (C=O) groups excluding carboxylic acids is 1. The molecule has 6 nitrogen and oxygen atoms in total. The van der Waals surface area contributed by atoms with E-state index in [1.165, 1.54) is 19.4 Å². The van der Waals surface area contributed by atoms with Crippen molar-refractivity contribution in [2.24, 2.45) is 5.84 Å². The van der Waals surface area contributed by atoms with Crippen LogP contribution >= 0.6 is 0 Å². The number of hydrogen-bond acceptors (Lipinski definition) is 5. The third-order valence-corrected chi connectivity index (χ3v) is 2.25. The van der Waals surface area contributed by atoms with Gasteiger partial charge in [-0.05, 0) is 6.07 Å². The first-order chi connectivity index (χ1) is 7.69. The molecule has 6 heteroatoms. The topological polar surface area (TPSA) is 97.7 Å². The number of rotatable bonds is 2.